The standard InChI is InChI=1S/C13H13BrFN3O2S/c1-2-3-18-12(8-4-9(14)6-10(15)5-8)16-17-13(18)21-7-11(19)20/h4-6H,2-3,7H2,1H3,(H,19,20). The van der Waals surface area contributed by atoms with E-state index in [1.54, 1.807) is 6.07 Å². The molecule has 0 saturated heterocycles. The van der Waals surface area contributed by atoms with Crippen LogP contribution in [0.1, 0.15) is 13.3 Å². The van der Waals surface area contributed by atoms with Gasteiger partial charge in [-0.15, -0.1) is 10.2 Å². The largest absolute Gasteiger partial charge is 0.481 e. The van der Waals surface area contributed by atoms with Gasteiger partial charge in [0.1, 0.15) is 5.82 Å². The van der Waals surface area contributed by atoms with Gasteiger partial charge in [-0.1, -0.05) is 34.6 Å². The van der Waals surface area contributed by atoms with E-state index in [-0.39, 0.29) is 11.6 Å². The third-order valence-electron chi connectivity index (χ3n) is 2.61. The smallest absolute Gasteiger partial charge is 0.313 e. The zero-order chi connectivity index (χ0) is 15.4. The zero-order valence-electron chi connectivity index (χ0n) is 11.2. The van der Waals surface area contributed by atoms with Gasteiger partial charge in [0, 0.05) is 16.6 Å². The molecular formula is C13H13BrFN3O2S. The summed E-state index contributed by atoms with van der Waals surface area (Å²) in [7, 11) is 0. The first-order valence-corrected chi connectivity index (χ1v) is 8.03. The molecule has 0 aliphatic rings. The number of benzene rings is 1. The van der Waals surface area contributed by atoms with Gasteiger partial charge in [0.25, 0.3) is 0 Å². The lowest BCUT2D eigenvalue weighted by atomic mass is 10.2. The van der Waals surface area contributed by atoms with E-state index < -0.39 is 5.97 Å². The van der Waals surface area contributed by atoms with Gasteiger partial charge in [-0.25, -0.2) is 4.39 Å². The highest BCUT2D eigenvalue weighted by Crippen LogP contribution is 2.27. The van der Waals surface area contributed by atoms with Gasteiger partial charge in [-0.3, -0.25) is 4.79 Å². The Morgan fingerprint density at radius 3 is 2.81 bits per heavy atom. The van der Waals surface area contributed by atoms with Crippen LogP contribution in [-0.4, -0.2) is 31.6 Å². The second-order valence-electron chi connectivity index (χ2n) is 4.30. The maximum atomic E-state index is 13.5. The average Bonchev–Trinajstić information content (AvgIpc) is 2.79. The predicted molar refractivity (Wildman–Crippen MR) is 81.8 cm³/mol. The summed E-state index contributed by atoms with van der Waals surface area (Å²) >= 11 is 4.35. The van der Waals surface area contributed by atoms with Crippen molar-refractivity contribution in [1.29, 1.82) is 0 Å². The lowest BCUT2D eigenvalue weighted by molar-refractivity contribution is -0.133. The maximum absolute atomic E-state index is 13.5. The minimum atomic E-state index is -0.916. The summed E-state index contributed by atoms with van der Waals surface area (Å²) in [6, 6.07) is 4.50. The molecule has 0 aliphatic carbocycles. The van der Waals surface area contributed by atoms with E-state index in [1.165, 1.54) is 12.1 Å². The topological polar surface area (TPSA) is 68.0 Å². The van der Waals surface area contributed by atoms with Gasteiger partial charge >= 0.3 is 5.97 Å². The quantitative estimate of drug-likeness (QED) is 0.785. The predicted octanol–water partition coefficient (Wildman–Crippen LogP) is 3.43. The molecular weight excluding hydrogens is 361 g/mol. The molecule has 0 atom stereocenters. The fourth-order valence-electron chi connectivity index (χ4n) is 1.84. The monoisotopic (exact) mass is 373 g/mol. The molecule has 0 unspecified atom stereocenters. The minimum absolute atomic E-state index is 0.0886. The highest BCUT2D eigenvalue weighted by atomic mass is 79.9. The number of aliphatic carboxylic acids is 1. The highest BCUT2D eigenvalue weighted by Gasteiger charge is 2.15. The molecule has 5 nitrogen and oxygen atoms in total. The molecule has 0 aliphatic heterocycles. The van der Waals surface area contributed by atoms with Gasteiger partial charge in [0.2, 0.25) is 0 Å². The Kier molecular flexibility index (Phi) is 5.35. The molecule has 1 aromatic heterocycles. The molecule has 2 rings (SSSR count). The number of carbonyl (C=O) groups is 1. The Labute approximate surface area is 133 Å². The summed E-state index contributed by atoms with van der Waals surface area (Å²) < 4.78 is 15.9. The number of aromatic nitrogens is 3. The molecule has 1 N–H and O–H groups in total. The van der Waals surface area contributed by atoms with Gasteiger partial charge < -0.3 is 9.67 Å². The Morgan fingerprint density at radius 2 is 2.19 bits per heavy atom. The van der Waals surface area contributed by atoms with Crippen molar-refractivity contribution in [1.82, 2.24) is 14.8 Å². The number of thioether (sulfide) groups is 1. The Hall–Kier alpha value is -1.41. The Morgan fingerprint density at radius 1 is 1.43 bits per heavy atom. The van der Waals surface area contributed by atoms with E-state index in [2.05, 4.69) is 26.1 Å². The van der Waals surface area contributed by atoms with E-state index in [0.29, 0.717) is 27.6 Å². The van der Waals surface area contributed by atoms with Crippen molar-refractivity contribution in [3.63, 3.8) is 0 Å². The van der Waals surface area contributed by atoms with Gasteiger partial charge in [0.05, 0.1) is 5.75 Å². The van der Waals surface area contributed by atoms with Crippen LogP contribution in [0.15, 0.2) is 27.8 Å². The SMILES string of the molecule is CCCn1c(SCC(=O)O)nnc1-c1cc(F)cc(Br)c1. The summed E-state index contributed by atoms with van der Waals surface area (Å²) in [6.07, 6.45) is 0.835. The fraction of sp³-hybridized carbons (Fsp3) is 0.308. The normalized spacial score (nSPS) is 10.8. The third kappa shape index (κ3) is 4.04. The fourth-order valence-corrected chi connectivity index (χ4v) is 2.99. The summed E-state index contributed by atoms with van der Waals surface area (Å²) in [5, 5.41) is 17.4. The molecule has 112 valence electrons. The zero-order valence-corrected chi connectivity index (χ0v) is 13.6. The van der Waals surface area contributed by atoms with Crippen molar-refractivity contribution >= 4 is 33.7 Å². The second kappa shape index (κ2) is 7.04. The first kappa shape index (κ1) is 16.0. The third-order valence-corrected chi connectivity index (χ3v) is 4.02. The Balaban J connectivity index is 2.40. The number of rotatable bonds is 6. The summed E-state index contributed by atoms with van der Waals surface area (Å²) in [6.45, 7) is 2.63. The van der Waals surface area contributed by atoms with E-state index >= 15 is 0 Å². The van der Waals surface area contributed by atoms with Gasteiger partial charge in [-0.2, -0.15) is 0 Å². The van der Waals surface area contributed by atoms with Crippen LogP contribution in [0.4, 0.5) is 4.39 Å². The number of carboxylic acids is 1. The lowest BCUT2D eigenvalue weighted by Crippen LogP contribution is -2.04. The summed E-state index contributed by atoms with van der Waals surface area (Å²) in [4.78, 5) is 10.7. The minimum Gasteiger partial charge on any atom is -0.481 e. The van der Waals surface area contributed by atoms with Gasteiger partial charge in [-0.05, 0) is 24.6 Å². The molecule has 1 aromatic carbocycles. The van der Waals surface area contributed by atoms with Crippen LogP contribution < -0.4 is 0 Å². The second-order valence-corrected chi connectivity index (χ2v) is 6.16. The number of nitrogens with zero attached hydrogens (tertiary/aromatic N) is 3. The molecule has 8 heteroatoms. The van der Waals surface area contributed by atoms with Crippen molar-refractivity contribution in [3.8, 4) is 11.4 Å². The van der Waals surface area contributed by atoms with Crippen molar-refractivity contribution in [3.05, 3.63) is 28.5 Å². The molecule has 0 spiro atoms. The number of hydrogen-bond acceptors (Lipinski definition) is 4. The van der Waals surface area contributed by atoms with Crippen LogP contribution in [0, 0.1) is 5.82 Å². The van der Waals surface area contributed by atoms with Crippen molar-refractivity contribution in [2.75, 3.05) is 5.75 Å². The maximum Gasteiger partial charge on any atom is 0.313 e. The molecule has 1 heterocycles. The van der Waals surface area contributed by atoms with Gasteiger partial charge in [0.15, 0.2) is 11.0 Å². The molecule has 0 fully saturated rings. The van der Waals surface area contributed by atoms with Crippen molar-refractivity contribution in [2.45, 2.75) is 25.0 Å². The highest BCUT2D eigenvalue weighted by molar-refractivity contribution is 9.10. The van der Waals surface area contributed by atoms with Crippen molar-refractivity contribution in [2.24, 2.45) is 0 Å². The first-order valence-electron chi connectivity index (χ1n) is 6.25. The first-order chi connectivity index (χ1) is 10.0. The van der Waals surface area contributed by atoms with E-state index in [1.807, 2.05) is 11.5 Å². The molecule has 0 bridgehead atoms. The average molecular weight is 374 g/mol. The van der Waals surface area contributed by atoms with Crippen LogP contribution in [-0.2, 0) is 11.3 Å². The molecule has 0 saturated carbocycles. The molecule has 0 radical (unpaired) electrons. The number of hydrogen-bond donors (Lipinski definition) is 1. The Bertz CT molecular complexity index is 643. The van der Waals surface area contributed by atoms with Crippen LogP contribution in [0.25, 0.3) is 11.4 Å². The van der Waals surface area contributed by atoms with Crippen molar-refractivity contribution < 1.29 is 14.3 Å². The summed E-state index contributed by atoms with van der Waals surface area (Å²) in [5.41, 5.74) is 0.602. The summed E-state index contributed by atoms with van der Waals surface area (Å²) in [5.74, 6) is -0.842. The van der Waals surface area contributed by atoms with Crippen LogP contribution in [0.5, 0.6) is 0 Å². The lowest BCUT2D eigenvalue weighted by Gasteiger charge is -2.08. The van der Waals surface area contributed by atoms with Crippen LogP contribution >= 0.6 is 27.7 Å². The van der Waals surface area contributed by atoms with E-state index in [9.17, 15) is 9.18 Å². The van der Waals surface area contributed by atoms with Crippen LogP contribution in [0.2, 0.25) is 0 Å². The number of halogens is 2. The van der Waals surface area contributed by atoms with E-state index in [4.69, 9.17) is 5.11 Å². The molecule has 21 heavy (non-hydrogen) atoms. The molecule has 0 amide bonds. The molecule has 2 aromatic rings. The van der Waals surface area contributed by atoms with E-state index in [0.717, 1.165) is 18.2 Å². The number of carboxylic acid groups (broad SMARTS) is 1. The van der Waals surface area contributed by atoms with Crippen LogP contribution in [0.3, 0.4) is 0 Å².